The van der Waals surface area contributed by atoms with E-state index in [1.54, 1.807) is 6.07 Å². The van der Waals surface area contributed by atoms with Crippen molar-refractivity contribution in [3.63, 3.8) is 0 Å². The molecule has 42 heavy (non-hydrogen) atoms. The summed E-state index contributed by atoms with van der Waals surface area (Å²) >= 11 is 7.72. The smallest absolute Gasteiger partial charge is 0.254 e. The molecule has 1 fully saturated rings. The molecule has 1 saturated heterocycles. The maximum Gasteiger partial charge on any atom is 0.254 e. The first-order valence-corrected chi connectivity index (χ1v) is 14.9. The van der Waals surface area contributed by atoms with Crippen molar-refractivity contribution in [2.75, 3.05) is 37.6 Å². The zero-order chi connectivity index (χ0) is 29.6. The highest BCUT2D eigenvalue weighted by Gasteiger charge is 2.34. The van der Waals surface area contributed by atoms with E-state index < -0.39 is 24.0 Å². The molecule has 3 heterocycles. The summed E-state index contributed by atoms with van der Waals surface area (Å²) < 4.78 is 6.04. The highest BCUT2D eigenvalue weighted by molar-refractivity contribution is 7.09. The molecule has 2 atom stereocenters. The van der Waals surface area contributed by atoms with Crippen LogP contribution in [0.4, 0.5) is 5.69 Å². The van der Waals surface area contributed by atoms with Crippen molar-refractivity contribution in [3.8, 4) is 5.75 Å². The van der Waals surface area contributed by atoms with E-state index in [0.717, 1.165) is 38.7 Å². The zero-order valence-corrected chi connectivity index (χ0v) is 24.6. The Hall–Kier alpha value is -3.77. The summed E-state index contributed by atoms with van der Waals surface area (Å²) in [6.45, 7) is 4.11. The van der Waals surface area contributed by atoms with Gasteiger partial charge in [0, 0.05) is 61.7 Å². The van der Waals surface area contributed by atoms with Gasteiger partial charge in [-0.3, -0.25) is 14.6 Å². The number of piperazine rings is 1. The lowest BCUT2D eigenvalue weighted by Gasteiger charge is -2.37. The third kappa shape index (κ3) is 6.99. The summed E-state index contributed by atoms with van der Waals surface area (Å²) in [6.07, 6.45) is -3.31. The van der Waals surface area contributed by atoms with Gasteiger partial charge in [-0.25, -0.2) is 4.98 Å². The number of nitrogens with zero attached hydrogens (tertiary/aromatic N) is 4. The molecular weight excluding hydrogens is 578 g/mol. The van der Waals surface area contributed by atoms with E-state index in [2.05, 4.69) is 20.2 Å². The van der Waals surface area contributed by atoms with E-state index in [1.807, 2.05) is 60.8 Å². The number of carbonyl (C=O) groups excluding carboxylic acids is 2. The molecule has 4 aromatic rings. The second kappa shape index (κ2) is 13.5. The fraction of sp³-hybridized carbons (Fsp3) is 0.333. The van der Waals surface area contributed by atoms with Gasteiger partial charge in [0.05, 0.1) is 26.9 Å². The number of rotatable bonds is 10. The SMILES string of the molecule is Cc1cc(OCc2csc(CCNC(=O)[C@H](O)[C@@H](O)C(=O)N3CCN(c4ccccc4Cl)CC3)n2)c2ccccc2n1. The number of pyridine rings is 1. The van der Waals surface area contributed by atoms with Crippen molar-refractivity contribution in [1.82, 2.24) is 20.2 Å². The Labute approximate surface area is 252 Å². The number of aryl methyl sites for hydroxylation is 1. The summed E-state index contributed by atoms with van der Waals surface area (Å²) in [5, 5.41) is 27.6. The molecule has 0 bridgehead atoms. The van der Waals surface area contributed by atoms with Gasteiger partial charge in [-0.15, -0.1) is 11.3 Å². The van der Waals surface area contributed by atoms with Crippen LogP contribution in [0.25, 0.3) is 10.9 Å². The van der Waals surface area contributed by atoms with Crippen LogP contribution in [-0.2, 0) is 22.6 Å². The summed E-state index contributed by atoms with van der Waals surface area (Å²) in [5.74, 6) is -0.756. The second-order valence-electron chi connectivity index (χ2n) is 9.99. The first-order valence-electron chi connectivity index (χ1n) is 13.6. The number of ether oxygens (including phenoxy) is 1. The number of aromatic nitrogens is 2. The standard InChI is InChI=1S/C30H32ClN5O5S/c1-19-16-25(21-6-2-4-8-23(21)33-19)41-17-20-18-42-26(34-20)10-11-32-29(39)27(37)28(38)30(40)36-14-12-35(13-15-36)24-9-5-3-7-22(24)31/h2-9,16,18,27-28,37-38H,10-15,17H2,1H3,(H,32,39)/t27-,28-/m1/s1. The maximum atomic E-state index is 12.8. The minimum Gasteiger partial charge on any atom is -0.486 e. The monoisotopic (exact) mass is 609 g/mol. The number of thiazole rings is 1. The molecular formula is C30H32ClN5O5S. The van der Waals surface area contributed by atoms with Crippen LogP contribution in [0.15, 0.2) is 60.0 Å². The molecule has 0 radical (unpaired) electrons. The molecule has 10 nitrogen and oxygen atoms in total. The number of hydrogen-bond acceptors (Lipinski definition) is 9. The lowest BCUT2D eigenvalue weighted by atomic mass is 10.1. The molecule has 2 aromatic heterocycles. The van der Waals surface area contributed by atoms with Gasteiger partial charge < -0.3 is 30.1 Å². The van der Waals surface area contributed by atoms with Crippen molar-refractivity contribution in [2.24, 2.45) is 0 Å². The van der Waals surface area contributed by atoms with Crippen LogP contribution in [0.3, 0.4) is 0 Å². The number of amides is 2. The molecule has 220 valence electrons. The van der Waals surface area contributed by atoms with Gasteiger partial charge in [0.2, 0.25) is 0 Å². The zero-order valence-electron chi connectivity index (χ0n) is 23.1. The Morgan fingerprint density at radius 1 is 1.05 bits per heavy atom. The van der Waals surface area contributed by atoms with Crippen LogP contribution in [-0.4, -0.2) is 81.8 Å². The van der Waals surface area contributed by atoms with Gasteiger partial charge >= 0.3 is 0 Å². The van der Waals surface area contributed by atoms with Crippen LogP contribution in [0, 0.1) is 6.92 Å². The van der Waals surface area contributed by atoms with Gasteiger partial charge in [-0.1, -0.05) is 35.9 Å². The molecule has 5 rings (SSSR count). The highest BCUT2D eigenvalue weighted by Crippen LogP contribution is 2.27. The van der Waals surface area contributed by atoms with E-state index in [4.69, 9.17) is 16.3 Å². The number of benzene rings is 2. The maximum absolute atomic E-state index is 12.8. The van der Waals surface area contributed by atoms with Crippen LogP contribution in [0.1, 0.15) is 16.4 Å². The molecule has 2 aromatic carbocycles. The Morgan fingerprint density at radius 2 is 1.79 bits per heavy atom. The minimum atomic E-state index is -1.88. The predicted octanol–water partition coefficient (Wildman–Crippen LogP) is 2.96. The molecule has 1 aliphatic rings. The van der Waals surface area contributed by atoms with Gasteiger partial charge in [0.15, 0.2) is 12.2 Å². The molecule has 0 saturated carbocycles. The number of fused-ring (bicyclic) bond motifs is 1. The molecule has 0 unspecified atom stereocenters. The number of carbonyl (C=O) groups is 2. The number of halogens is 1. The van der Waals surface area contributed by atoms with Gasteiger partial charge in [-0.2, -0.15) is 0 Å². The number of para-hydroxylation sites is 2. The van der Waals surface area contributed by atoms with Crippen LogP contribution in [0.5, 0.6) is 5.75 Å². The first-order chi connectivity index (χ1) is 20.3. The molecule has 2 amide bonds. The molecule has 12 heteroatoms. The number of nitrogens with one attached hydrogen (secondary N) is 1. The Bertz CT molecular complexity index is 1560. The van der Waals surface area contributed by atoms with Crippen LogP contribution >= 0.6 is 22.9 Å². The first kappa shape index (κ1) is 29.7. The summed E-state index contributed by atoms with van der Waals surface area (Å²) in [7, 11) is 0. The van der Waals surface area contributed by atoms with Gasteiger partial charge in [-0.05, 0) is 31.2 Å². The minimum absolute atomic E-state index is 0.190. The van der Waals surface area contributed by atoms with E-state index in [-0.39, 0.29) is 13.2 Å². The number of hydrogen-bond donors (Lipinski definition) is 3. The van der Waals surface area contributed by atoms with Gasteiger partial charge in [0.1, 0.15) is 12.4 Å². The fourth-order valence-electron chi connectivity index (χ4n) is 4.81. The van der Waals surface area contributed by atoms with E-state index in [9.17, 15) is 19.8 Å². The molecule has 1 aliphatic heterocycles. The largest absolute Gasteiger partial charge is 0.486 e. The predicted molar refractivity (Wildman–Crippen MR) is 162 cm³/mol. The number of aliphatic hydroxyl groups is 2. The van der Waals surface area contributed by atoms with Crippen LogP contribution < -0.4 is 15.0 Å². The van der Waals surface area contributed by atoms with Crippen LogP contribution in [0.2, 0.25) is 5.02 Å². The normalized spacial score (nSPS) is 15.0. The topological polar surface area (TPSA) is 128 Å². The number of anilines is 1. The lowest BCUT2D eigenvalue weighted by molar-refractivity contribution is -0.153. The Balaban J connectivity index is 1.06. The van der Waals surface area contributed by atoms with Crippen molar-refractivity contribution < 1.29 is 24.5 Å². The Kier molecular flexibility index (Phi) is 9.53. The average Bonchev–Trinajstić information content (AvgIpc) is 3.46. The van der Waals surface area contributed by atoms with Crippen molar-refractivity contribution in [3.05, 3.63) is 81.4 Å². The quantitative estimate of drug-likeness (QED) is 0.250. The molecule has 0 aliphatic carbocycles. The summed E-state index contributed by atoms with van der Waals surface area (Å²) in [5.41, 5.74) is 3.37. The summed E-state index contributed by atoms with van der Waals surface area (Å²) in [6, 6.07) is 17.2. The van der Waals surface area contributed by atoms with Crippen molar-refractivity contribution >= 4 is 51.3 Å². The fourth-order valence-corrected chi connectivity index (χ4v) is 5.85. The second-order valence-corrected chi connectivity index (χ2v) is 11.3. The van der Waals surface area contributed by atoms with Crippen molar-refractivity contribution in [1.29, 1.82) is 0 Å². The van der Waals surface area contributed by atoms with E-state index in [1.165, 1.54) is 16.2 Å². The van der Waals surface area contributed by atoms with Crippen molar-refractivity contribution in [2.45, 2.75) is 32.2 Å². The van der Waals surface area contributed by atoms with E-state index >= 15 is 0 Å². The number of aliphatic hydroxyl groups excluding tert-OH is 2. The third-order valence-electron chi connectivity index (χ3n) is 7.02. The highest BCUT2D eigenvalue weighted by atomic mass is 35.5. The Morgan fingerprint density at radius 3 is 2.57 bits per heavy atom. The average molecular weight is 610 g/mol. The molecule has 3 N–H and O–H groups in total. The lowest BCUT2D eigenvalue weighted by Crippen LogP contribution is -2.55. The van der Waals surface area contributed by atoms with Gasteiger partial charge in [0.25, 0.3) is 11.8 Å². The third-order valence-corrected chi connectivity index (χ3v) is 8.30. The van der Waals surface area contributed by atoms with E-state index in [0.29, 0.717) is 37.6 Å². The summed E-state index contributed by atoms with van der Waals surface area (Å²) in [4.78, 5) is 37.9. The molecule has 0 spiro atoms.